The van der Waals surface area contributed by atoms with Gasteiger partial charge in [-0.1, -0.05) is 105 Å². The lowest BCUT2D eigenvalue weighted by Gasteiger charge is -2.43. The lowest BCUT2D eigenvalue weighted by Crippen LogP contribution is -2.67. The Hall–Kier alpha value is -2.02. The van der Waals surface area contributed by atoms with E-state index >= 15 is 0 Å². The van der Waals surface area contributed by atoms with Gasteiger partial charge in [0, 0.05) is 6.42 Å². The highest BCUT2D eigenvalue weighted by atomic mass is 28.4. The molecule has 5 heteroatoms. The van der Waals surface area contributed by atoms with Crippen LogP contribution in [0, 0.1) is 0 Å². The second-order valence-electron chi connectivity index (χ2n) is 9.26. The fourth-order valence-electron chi connectivity index (χ4n) is 4.18. The largest absolute Gasteiger partial charge is 0.404 e. The van der Waals surface area contributed by atoms with Crippen molar-refractivity contribution < 1.29 is 19.0 Å². The van der Waals surface area contributed by atoms with E-state index in [4.69, 9.17) is 13.9 Å². The van der Waals surface area contributed by atoms with Gasteiger partial charge in [-0.15, -0.1) is 0 Å². The topological polar surface area (TPSA) is 47.9 Å². The minimum Gasteiger partial charge on any atom is -0.404 e. The van der Waals surface area contributed by atoms with Gasteiger partial charge < -0.3 is 19.0 Å². The number of benzene rings is 2. The highest BCUT2D eigenvalue weighted by molar-refractivity contribution is 6.99. The average molecular weight is 453 g/mol. The van der Waals surface area contributed by atoms with Gasteiger partial charge >= 0.3 is 0 Å². The van der Waals surface area contributed by atoms with Gasteiger partial charge in [0.05, 0.1) is 25.9 Å². The maximum absolute atomic E-state index is 10.7. The van der Waals surface area contributed by atoms with Gasteiger partial charge in [-0.05, 0) is 22.3 Å². The Bertz CT molecular complexity index is 841. The smallest absolute Gasteiger partial charge is 0.261 e. The van der Waals surface area contributed by atoms with Gasteiger partial charge in [0.2, 0.25) is 0 Å². The summed E-state index contributed by atoms with van der Waals surface area (Å²) >= 11 is 0. The Morgan fingerprint density at radius 1 is 1.03 bits per heavy atom. The summed E-state index contributed by atoms with van der Waals surface area (Å²) in [5.74, 6) is 0. The molecule has 4 nitrogen and oxygen atoms in total. The van der Waals surface area contributed by atoms with Crippen molar-refractivity contribution in [1.29, 1.82) is 0 Å². The Morgan fingerprint density at radius 3 is 2.06 bits per heavy atom. The first-order valence-electron chi connectivity index (χ1n) is 11.3. The first-order valence-corrected chi connectivity index (χ1v) is 13.2. The Balaban J connectivity index is 1.77. The van der Waals surface area contributed by atoms with Crippen LogP contribution < -0.4 is 10.4 Å². The van der Waals surface area contributed by atoms with Crippen LogP contribution in [0.5, 0.6) is 0 Å². The van der Waals surface area contributed by atoms with E-state index in [1.165, 1.54) is 10.4 Å². The maximum Gasteiger partial charge on any atom is 0.261 e. The molecule has 2 aromatic rings. The molecule has 0 aliphatic carbocycles. The quantitative estimate of drug-likeness (QED) is 0.458. The molecule has 0 saturated carbocycles. The van der Waals surface area contributed by atoms with E-state index in [2.05, 4.69) is 75.4 Å². The molecule has 32 heavy (non-hydrogen) atoms. The van der Waals surface area contributed by atoms with Gasteiger partial charge in [0.25, 0.3) is 8.32 Å². The van der Waals surface area contributed by atoms with Crippen LogP contribution in [-0.2, 0) is 13.9 Å². The molecular weight excluding hydrogens is 416 g/mol. The number of hydrogen-bond donors (Lipinski definition) is 1. The minimum absolute atomic E-state index is 0.115. The lowest BCUT2D eigenvalue weighted by atomic mass is 10.2. The van der Waals surface area contributed by atoms with Crippen LogP contribution in [0.15, 0.2) is 84.5 Å². The molecule has 1 saturated heterocycles. The summed E-state index contributed by atoms with van der Waals surface area (Å²) in [6, 6.07) is 21.0. The van der Waals surface area contributed by atoms with Crippen molar-refractivity contribution in [2.24, 2.45) is 0 Å². The molecule has 3 rings (SSSR count). The van der Waals surface area contributed by atoms with Crippen LogP contribution in [0.25, 0.3) is 0 Å². The van der Waals surface area contributed by atoms with Crippen LogP contribution in [0.1, 0.15) is 34.1 Å². The second kappa shape index (κ2) is 11.2. The van der Waals surface area contributed by atoms with Crippen LogP contribution in [0.4, 0.5) is 0 Å². The predicted molar refractivity (Wildman–Crippen MR) is 133 cm³/mol. The number of allylic oxidation sites excluding steroid dienone is 2. The summed E-state index contributed by atoms with van der Waals surface area (Å²) in [7, 11) is -2.64. The molecule has 1 atom stereocenters. The average Bonchev–Trinajstić information content (AvgIpc) is 3.31. The van der Waals surface area contributed by atoms with Gasteiger partial charge in [0.15, 0.2) is 6.29 Å². The first-order chi connectivity index (χ1) is 15.3. The van der Waals surface area contributed by atoms with Crippen molar-refractivity contribution in [3.05, 3.63) is 84.5 Å². The Morgan fingerprint density at radius 2 is 1.56 bits per heavy atom. The van der Waals surface area contributed by atoms with Crippen molar-refractivity contribution >= 4 is 18.7 Å². The van der Waals surface area contributed by atoms with E-state index < -0.39 is 14.4 Å². The molecule has 0 amide bonds. The summed E-state index contributed by atoms with van der Waals surface area (Å²) in [6.07, 6.45) is 5.68. The third-order valence-electron chi connectivity index (χ3n) is 5.79. The Kier molecular flexibility index (Phi) is 8.62. The summed E-state index contributed by atoms with van der Waals surface area (Å²) in [6.45, 7) is 10.3. The van der Waals surface area contributed by atoms with Gasteiger partial charge in [0.1, 0.15) is 0 Å². The fraction of sp³-hybridized carbons (Fsp3) is 0.407. The van der Waals surface area contributed by atoms with Crippen molar-refractivity contribution in [2.45, 2.75) is 51.5 Å². The molecule has 0 radical (unpaired) electrons. The minimum atomic E-state index is -2.64. The van der Waals surface area contributed by atoms with E-state index in [1.807, 2.05) is 25.1 Å². The number of aliphatic hydroxyl groups is 1. The number of hydrogen-bond acceptors (Lipinski definition) is 4. The van der Waals surface area contributed by atoms with Crippen LogP contribution in [0.3, 0.4) is 0 Å². The van der Waals surface area contributed by atoms with Gasteiger partial charge in [-0.2, -0.15) is 0 Å². The molecule has 0 bridgehead atoms. The molecule has 172 valence electrons. The van der Waals surface area contributed by atoms with E-state index in [-0.39, 0.29) is 17.9 Å². The predicted octanol–water partition coefficient (Wildman–Crippen LogP) is 4.19. The standard InChI is InChI=1S/C27H36O4Si/c1-22(16-18-26-29-19-20-30-26)15-17-23(28)21-31-32(27(2,3)4,24-11-7-5-8-12-24)25-13-9-6-10-14-25/h5-17,23,26,28H,18-21H2,1-4H3/b17-15+,22-16+. The second-order valence-corrected chi connectivity index (χ2v) is 13.6. The molecule has 1 N–H and O–H groups in total. The van der Waals surface area contributed by atoms with E-state index in [9.17, 15) is 5.11 Å². The molecule has 1 aliphatic heterocycles. The van der Waals surface area contributed by atoms with E-state index in [0.29, 0.717) is 19.6 Å². The molecular formula is C27H36O4Si. The molecule has 0 spiro atoms. The van der Waals surface area contributed by atoms with E-state index in [0.717, 1.165) is 5.57 Å². The highest BCUT2D eigenvalue weighted by Gasteiger charge is 2.50. The maximum atomic E-state index is 10.7. The molecule has 1 fully saturated rings. The van der Waals surface area contributed by atoms with Crippen molar-refractivity contribution in [2.75, 3.05) is 19.8 Å². The molecule has 0 aromatic heterocycles. The Labute approximate surface area is 193 Å². The third kappa shape index (κ3) is 6.06. The van der Waals surface area contributed by atoms with Crippen molar-refractivity contribution in [3.8, 4) is 0 Å². The first kappa shape index (κ1) is 24.6. The monoisotopic (exact) mass is 452 g/mol. The SMILES string of the molecule is CC(/C=C/C(O)CO[Si](c1ccccc1)(c1ccccc1)C(C)(C)C)=C\CC1OCCO1. The molecule has 2 aromatic carbocycles. The summed E-state index contributed by atoms with van der Waals surface area (Å²) < 4.78 is 17.7. The van der Waals surface area contributed by atoms with Gasteiger partial charge in [-0.25, -0.2) is 0 Å². The van der Waals surface area contributed by atoms with Crippen molar-refractivity contribution in [3.63, 3.8) is 0 Å². The lowest BCUT2D eigenvalue weighted by molar-refractivity contribution is -0.0381. The molecule has 1 aliphatic rings. The van der Waals surface area contributed by atoms with Crippen molar-refractivity contribution in [1.82, 2.24) is 0 Å². The van der Waals surface area contributed by atoms with Crippen LogP contribution >= 0.6 is 0 Å². The number of aliphatic hydroxyl groups excluding tert-OH is 1. The summed E-state index contributed by atoms with van der Waals surface area (Å²) in [5.41, 5.74) is 1.06. The zero-order chi connectivity index (χ0) is 23.0. The van der Waals surface area contributed by atoms with Gasteiger partial charge in [-0.3, -0.25) is 0 Å². The molecule has 1 heterocycles. The zero-order valence-electron chi connectivity index (χ0n) is 19.7. The molecule has 1 unspecified atom stereocenters. The van der Waals surface area contributed by atoms with E-state index in [1.54, 1.807) is 6.08 Å². The van der Waals surface area contributed by atoms with Crippen LogP contribution in [-0.4, -0.2) is 45.6 Å². The highest BCUT2D eigenvalue weighted by Crippen LogP contribution is 2.36. The summed E-state index contributed by atoms with van der Waals surface area (Å²) in [5, 5.41) is 13.0. The van der Waals surface area contributed by atoms with Crippen LogP contribution in [0.2, 0.25) is 5.04 Å². The zero-order valence-corrected chi connectivity index (χ0v) is 20.7. The third-order valence-corrected chi connectivity index (χ3v) is 10.8. The number of rotatable bonds is 9. The fourth-order valence-corrected chi connectivity index (χ4v) is 8.76. The summed E-state index contributed by atoms with van der Waals surface area (Å²) in [4.78, 5) is 0. The number of ether oxygens (including phenoxy) is 2. The normalized spacial score (nSPS) is 17.2.